The minimum Gasteiger partial charge on any atom is -0.281 e. The van der Waals surface area contributed by atoms with Gasteiger partial charge in [-0.15, -0.1) is 10.2 Å². The van der Waals surface area contributed by atoms with E-state index in [2.05, 4.69) is 53.1 Å². The van der Waals surface area contributed by atoms with Gasteiger partial charge in [0.15, 0.2) is 5.82 Å². The molecule has 0 aliphatic carbocycles. The van der Waals surface area contributed by atoms with E-state index in [1.54, 1.807) is 12.7 Å². The van der Waals surface area contributed by atoms with Crippen LogP contribution in [0.5, 0.6) is 0 Å². The molecule has 0 saturated heterocycles. The molecule has 0 aliphatic rings. The summed E-state index contributed by atoms with van der Waals surface area (Å²) in [5, 5.41) is 9.51. The van der Waals surface area contributed by atoms with Crippen molar-refractivity contribution in [1.82, 2.24) is 24.7 Å². The van der Waals surface area contributed by atoms with Crippen LogP contribution in [-0.2, 0) is 0 Å². The Kier molecular flexibility index (Phi) is 3.34. The monoisotopic (exact) mass is 315 g/mol. The summed E-state index contributed by atoms with van der Waals surface area (Å²) in [4.78, 5) is 8.54. The van der Waals surface area contributed by atoms with Crippen LogP contribution in [0.4, 0.5) is 0 Å². The third-order valence-corrected chi connectivity index (χ3v) is 4.20. The fourth-order valence-electron chi connectivity index (χ4n) is 3.33. The summed E-state index contributed by atoms with van der Waals surface area (Å²) in [6, 6.07) is 10.4. The maximum absolute atomic E-state index is 4.44. The van der Waals surface area contributed by atoms with Crippen LogP contribution in [0.15, 0.2) is 49.2 Å². The van der Waals surface area contributed by atoms with Gasteiger partial charge in [0.25, 0.3) is 0 Å². The van der Waals surface area contributed by atoms with Crippen LogP contribution < -0.4 is 0 Å². The lowest BCUT2D eigenvalue weighted by Crippen LogP contribution is -2.03. The van der Waals surface area contributed by atoms with E-state index in [1.807, 2.05) is 29.0 Å². The Morgan fingerprint density at radius 2 is 1.79 bits per heavy atom. The van der Waals surface area contributed by atoms with Crippen LogP contribution >= 0.6 is 0 Å². The van der Waals surface area contributed by atoms with Crippen LogP contribution in [-0.4, -0.2) is 24.7 Å². The average Bonchev–Trinajstić information content (AvgIpc) is 3.02. The maximum atomic E-state index is 4.44. The van der Waals surface area contributed by atoms with Gasteiger partial charge in [0, 0.05) is 17.1 Å². The molecule has 0 N–H and O–H groups in total. The zero-order chi connectivity index (χ0) is 16.7. The smallest absolute Gasteiger partial charge is 0.170 e. The van der Waals surface area contributed by atoms with Crippen LogP contribution in [0.25, 0.3) is 28.0 Å². The normalized spacial score (nSPS) is 11.1. The second-order valence-electron chi connectivity index (χ2n) is 6.04. The van der Waals surface area contributed by atoms with E-state index in [4.69, 9.17) is 0 Å². The molecule has 4 rings (SSSR count). The van der Waals surface area contributed by atoms with Crippen LogP contribution in [0.1, 0.15) is 16.7 Å². The fraction of sp³-hybridized carbons (Fsp3) is 0.158. The van der Waals surface area contributed by atoms with Crippen molar-refractivity contribution < 1.29 is 0 Å². The predicted octanol–water partition coefficient (Wildman–Crippen LogP) is 3.80. The maximum Gasteiger partial charge on any atom is 0.170 e. The summed E-state index contributed by atoms with van der Waals surface area (Å²) < 4.78 is 2.04. The highest BCUT2D eigenvalue weighted by atomic mass is 15.3. The molecule has 0 saturated carbocycles. The quantitative estimate of drug-likeness (QED) is 0.564. The molecule has 0 unspecified atom stereocenters. The lowest BCUT2D eigenvalue weighted by atomic mass is 10.0. The molecule has 24 heavy (non-hydrogen) atoms. The van der Waals surface area contributed by atoms with E-state index < -0.39 is 0 Å². The van der Waals surface area contributed by atoms with Crippen molar-refractivity contribution in [2.24, 2.45) is 0 Å². The van der Waals surface area contributed by atoms with Gasteiger partial charge >= 0.3 is 0 Å². The van der Waals surface area contributed by atoms with Crippen molar-refractivity contribution in [3.05, 3.63) is 65.9 Å². The number of rotatable bonds is 2. The second kappa shape index (κ2) is 5.53. The molecule has 0 amide bonds. The predicted molar refractivity (Wildman–Crippen MR) is 94.1 cm³/mol. The highest BCUT2D eigenvalue weighted by Gasteiger charge is 2.16. The van der Waals surface area contributed by atoms with E-state index in [0.717, 1.165) is 28.0 Å². The molecule has 2 aromatic heterocycles. The van der Waals surface area contributed by atoms with Crippen molar-refractivity contribution in [3.8, 4) is 17.1 Å². The fourth-order valence-corrected chi connectivity index (χ4v) is 3.33. The van der Waals surface area contributed by atoms with Gasteiger partial charge in [-0.2, -0.15) is 0 Å². The summed E-state index contributed by atoms with van der Waals surface area (Å²) in [6.07, 6.45) is 5.14. The van der Waals surface area contributed by atoms with Gasteiger partial charge in [-0.05, 0) is 38.0 Å². The van der Waals surface area contributed by atoms with Crippen molar-refractivity contribution >= 4 is 10.9 Å². The van der Waals surface area contributed by atoms with Crippen LogP contribution in [0, 0.1) is 20.8 Å². The first-order valence-electron chi connectivity index (χ1n) is 7.82. The highest BCUT2D eigenvalue weighted by Crippen LogP contribution is 2.29. The van der Waals surface area contributed by atoms with Gasteiger partial charge < -0.3 is 0 Å². The third kappa shape index (κ3) is 2.25. The largest absolute Gasteiger partial charge is 0.281 e. The number of para-hydroxylation sites is 1. The number of hydrogen-bond acceptors (Lipinski definition) is 4. The summed E-state index contributed by atoms with van der Waals surface area (Å²) in [6.45, 7) is 6.34. The van der Waals surface area contributed by atoms with Gasteiger partial charge in [-0.3, -0.25) is 4.57 Å². The zero-order valence-electron chi connectivity index (χ0n) is 13.9. The van der Waals surface area contributed by atoms with Gasteiger partial charge in [-0.25, -0.2) is 9.97 Å². The number of fused-ring (bicyclic) bond motifs is 1. The SMILES string of the molecule is Cc1cc(C)c(-n2cnnc2-c2cccc3cncnc23)c(C)c1. The topological polar surface area (TPSA) is 56.5 Å². The summed E-state index contributed by atoms with van der Waals surface area (Å²) in [5.41, 5.74) is 6.59. The lowest BCUT2D eigenvalue weighted by Gasteiger charge is -2.14. The molecular formula is C19H17N5. The van der Waals surface area contributed by atoms with Gasteiger partial charge in [0.05, 0.1) is 11.2 Å². The average molecular weight is 315 g/mol. The Morgan fingerprint density at radius 1 is 1.00 bits per heavy atom. The molecule has 5 nitrogen and oxygen atoms in total. The summed E-state index contributed by atoms with van der Waals surface area (Å²) >= 11 is 0. The van der Waals surface area contributed by atoms with E-state index in [0.29, 0.717) is 0 Å². The van der Waals surface area contributed by atoms with Gasteiger partial charge in [-0.1, -0.05) is 29.8 Å². The Labute approximate surface area is 140 Å². The summed E-state index contributed by atoms with van der Waals surface area (Å²) in [5.74, 6) is 0.786. The first-order valence-corrected chi connectivity index (χ1v) is 7.82. The van der Waals surface area contributed by atoms with E-state index >= 15 is 0 Å². The van der Waals surface area contributed by atoms with Crippen molar-refractivity contribution in [2.75, 3.05) is 0 Å². The minimum atomic E-state index is 0.786. The molecular weight excluding hydrogens is 298 g/mol. The summed E-state index contributed by atoms with van der Waals surface area (Å²) in [7, 11) is 0. The first-order chi connectivity index (χ1) is 11.6. The Morgan fingerprint density at radius 3 is 2.58 bits per heavy atom. The Balaban J connectivity index is 1.99. The molecule has 4 aromatic rings. The van der Waals surface area contributed by atoms with Crippen molar-refractivity contribution in [3.63, 3.8) is 0 Å². The number of hydrogen-bond donors (Lipinski definition) is 0. The standard InChI is InChI=1S/C19H17N5/c1-12-7-13(2)18(14(3)8-12)24-11-22-23-19(24)16-6-4-5-15-9-20-10-21-17(15)16/h4-11H,1-3H3. The molecule has 2 heterocycles. The van der Waals surface area contributed by atoms with E-state index in [9.17, 15) is 0 Å². The molecule has 2 aromatic carbocycles. The second-order valence-corrected chi connectivity index (χ2v) is 6.04. The molecule has 118 valence electrons. The Hall–Kier alpha value is -3.08. The number of nitrogens with zero attached hydrogens (tertiary/aromatic N) is 5. The molecule has 5 heteroatoms. The Bertz CT molecular complexity index is 1020. The molecule has 0 aliphatic heterocycles. The lowest BCUT2D eigenvalue weighted by molar-refractivity contribution is 1.02. The van der Waals surface area contributed by atoms with Crippen molar-refractivity contribution in [2.45, 2.75) is 20.8 Å². The molecule has 0 radical (unpaired) electrons. The number of aromatic nitrogens is 5. The zero-order valence-corrected chi connectivity index (χ0v) is 13.9. The van der Waals surface area contributed by atoms with Gasteiger partial charge in [0.2, 0.25) is 0 Å². The van der Waals surface area contributed by atoms with Crippen LogP contribution in [0.3, 0.4) is 0 Å². The number of benzene rings is 2. The number of aryl methyl sites for hydroxylation is 3. The molecule has 0 fully saturated rings. The van der Waals surface area contributed by atoms with E-state index in [1.165, 1.54) is 16.7 Å². The van der Waals surface area contributed by atoms with Crippen molar-refractivity contribution in [1.29, 1.82) is 0 Å². The minimum absolute atomic E-state index is 0.786. The molecule has 0 spiro atoms. The van der Waals surface area contributed by atoms with Gasteiger partial charge in [0.1, 0.15) is 12.7 Å². The highest BCUT2D eigenvalue weighted by molar-refractivity contribution is 5.91. The van der Waals surface area contributed by atoms with E-state index in [-0.39, 0.29) is 0 Å². The molecule has 0 bridgehead atoms. The van der Waals surface area contributed by atoms with Crippen LogP contribution in [0.2, 0.25) is 0 Å². The third-order valence-electron chi connectivity index (χ3n) is 4.20. The first kappa shape index (κ1) is 14.5. The molecule has 0 atom stereocenters.